The lowest BCUT2D eigenvalue weighted by Crippen LogP contribution is -2.45. The topological polar surface area (TPSA) is 70.7 Å². The lowest BCUT2D eigenvalue weighted by Gasteiger charge is -2.32. The number of likely N-dealkylation sites (tertiary alicyclic amines) is 1. The molecule has 1 fully saturated rings. The van der Waals surface area contributed by atoms with Gasteiger partial charge in [0.15, 0.2) is 0 Å². The average Bonchev–Trinajstić information content (AvgIpc) is 2.61. The van der Waals surface area contributed by atoms with Crippen LogP contribution in [-0.4, -0.2) is 56.6 Å². The zero-order valence-corrected chi connectivity index (χ0v) is 14.3. The molecular formula is C18H27N3O3. The summed E-state index contributed by atoms with van der Waals surface area (Å²) < 4.78 is 4.87. The van der Waals surface area contributed by atoms with Crippen molar-refractivity contribution in [3.63, 3.8) is 0 Å². The second-order valence-electron chi connectivity index (χ2n) is 6.12. The van der Waals surface area contributed by atoms with Gasteiger partial charge in [0, 0.05) is 26.7 Å². The molecule has 2 amide bonds. The van der Waals surface area contributed by atoms with Crippen LogP contribution in [0.4, 0.5) is 0 Å². The molecule has 1 aromatic rings. The van der Waals surface area contributed by atoms with Crippen molar-refractivity contribution < 1.29 is 14.3 Å². The van der Waals surface area contributed by atoms with Gasteiger partial charge >= 0.3 is 0 Å². The molecule has 0 aromatic heterocycles. The van der Waals surface area contributed by atoms with E-state index in [1.807, 2.05) is 18.2 Å². The average molecular weight is 333 g/mol. The molecule has 0 bridgehead atoms. The Kier molecular flexibility index (Phi) is 7.71. The summed E-state index contributed by atoms with van der Waals surface area (Å²) in [4.78, 5) is 26.2. The molecule has 1 aliphatic heterocycles. The molecule has 6 heteroatoms. The number of piperidine rings is 1. The molecule has 1 unspecified atom stereocenters. The Hall–Kier alpha value is -1.92. The number of hydrogen-bond donors (Lipinski definition) is 2. The fraction of sp³-hybridized carbons (Fsp3) is 0.556. The summed E-state index contributed by atoms with van der Waals surface area (Å²) in [5.41, 5.74) is 1.26. The molecule has 1 aromatic carbocycles. The zero-order chi connectivity index (χ0) is 17.2. The van der Waals surface area contributed by atoms with Crippen LogP contribution in [0.15, 0.2) is 30.3 Å². The van der Waals surface area contributed by atoms with Crippen LogP contribution < -0.4 is 10.6 Å². The summed E-state index contributed by atoms with van der Waals surface area (Å²) in [5, 5.41) is 5.44. The first kappa shape index (κ1) is 18.4. The molecule has 0 spiro atoms. The van der Waals surface area contributed by atoms with Gasteiger partial charge in [0.2, 0.25) is 11.8 Å². The molecule has 2 rings (SSSR count). The molecule has 0 radical (unpaired) electrons. The Morgan fingerprint density at radius 3 is 2.79 bits per heavy atom. The fourth-order valence-corrected chi connectivity index (χ4v) is 2.92. The van der Waals surface area contributed by atoms with Crippen molar-refractivity contribution in [3.8, 4) is 0 Å². The van der Waals surface area contributed by atoms with Crippen molar-refractivity contribution in [3.05, 3.63) is 35.9 Å². The largest absolute Gasteiger partial charge is 0.383 e. The molecule has 0 aliphatic carbocycles. The Balaban J connectivity index is 1.73. The monoisotopic (exact) mass is 333 g/mol. The van der Waals surface area contributed by atoms with Crippen molar-refractivity contribution in [1.29, 1.82) is 0 Å². The summed E-state index contributed by atoms with van der Waals surface area (Å²) in [6, 6.07) is 10.3. The quantitative estimate of drug-likeness (QED) is 0.690. The van der Waals surface area contributed by atoms with E-state index >= 15 is 0 Å². The SMILES string of the molecule is COCCNC(=O)CNC(=O)C1CCCN(Cc2ccccc2)C1. The van der Waals surface area contributed by atoms with Gasteiger partial charge in [0.1, 0.15) is 0 Å². The molecular weight excluding hydrogens is 306 g/mol. The van der Waals surface area contributed by atoms with Gasteiger partial charge in [-0.05, 0) is 24.9 Å². The molecule has 6 nitrogen and oxygen atoms in total. The zero-order valence-electron chi connectivity index (χ0n) is 14.3. The van der Waals surface area contributed by atoms with Crippen LogP contribution in [0.25, 0.3) is 0 Å². The van der Waals surface area contributed by atoms with E-state index in [9.17, 15) is 9.59 Å². The molecule has 0 saturated carbocycles. The van der Waals surface area contributed by atoms with Gasteiger partial charge in [0.25, 0.3) is 0 Å². The van der Waals surface area contributed by atoms with Crippen LogP contribution in [0.5, 0.6) is 0 Å². The summed E-state index contributed by atoms with van der Waals surface area (Å²) in [7, 11) is 1.58. The van der Waals surface area contributed by atoms with E-state index in [2.05, 4.69) is 27.7 Å². The first-order valence-corrected chi connectivity index (χ1v) is 8.48. The molecule has 2 N–H and O–H groups in total. The number of carbonyl (C=O) groups excluding carboxylic acids is 2. The maximum absolute atomic E-state index is 12.3. The number of ether oxygens (including phenoxy) is 1. The van der Waals surface area contributed by atoms with Crippen molar-refractivity contribution >= 4 is 11.8 Å². The Labute approximate surface area is 143 Å². The van der Waals surface area contributed by atoms with Gasteiger partial charge < -0.3 is 15.4 Å². The van der Waals surface area contributed by atoms with E-state index in [4.69, 9.17) is 4.74 Å². The summed E-state index contributed by atoms with van der Waals surface area (Å²) in [6.07, 6.45) is 1.88. The molecule has 1 atom stereocenters. The van der Waals surface area contributed by atoms with Gasteiger partial charge in [-0.25, -0.2) is 0 Å². The van der Waals surface area contributed by atoms with Gasteiger partial charge in [-0.1, -0.05) is 30.3 Å². The first-order chi connectivity index (χ1) is 11.7. The predicted molar refractivity (Wildman–Crippen MR) is 92.3 cm³/mol. The van der Waals surface area contributed by atoms with E-state index in [0.29, 0.717) is 13.2 Å². The maximum atomic E-state index is 12.3. The van der Waals surface area contributed by atoms with Crippen molar-refractivity contribution in [2.75, 3.05) is 39.9 Å². The third-order valence-corrected chi connectivity index (χ3v) is 4.18. The van der Waals surface area contributed by atoms with E-state index in [0.717, 1.165) is 32.5 Å². The van der Waals surface area contributed by atoms with Crippen molar-refractivity contribution in [1.82, 2.24) is 15.5 Å². The predicted octanol–water partition coefficient (Wildman–Crippen LogP) is 0.777. The first-order valence-electron chi connectivity index (χ1n) is 8.48. The normalized spacial score (nSPS) is 18.1. The molecule has 1 heterocycles. The van der Waals surface area contributed by atoms with Gasteiger partial charge in [-0.15, -0.1) is 0 Å². The van der Waals surface area contributed by atoms with Crippen LogP contribution in [0, 0.1) is 5.92 Å². The highest BCUT2D eigenvalue weighted by atomic mass is 16.5. The van der Waals surface area contributed by atoms with Crippen LogP contribution in [0.3, 0.4) is 0 Å². The minimum absolute atomic E-state index is 0.0255. The Bertz CT molecular complexity index is 522. The standard InChI is InChI=1S/C18H27N3O3/c1-24-11-9-19-17(22)12-20-18(23)16-8-5-10-21(14-16)13-15-6-3-2-4-7-15/h2-4,6-7,16H,5,8-14H2,1H3,(H,19,22)(H,20,23). The number of nitrogens with zero attached hydrogens (tertiary/aromatic N) is 1. The molecule has 24 heavy (non-hydrogen) atoms. The van der Waals surface area contributed by atoms with Gasteiger partial charge in [-0.3, -0.25) is 14.5 Å². The highest BCUT2D eigenvalue weighted by Gasteiger charge is 2.25. The van der Waals surface area contributed by atoms with Crippen LogP contribution in [0.1, 0.15) is 18.4 Å². The summed E-state index contributed by atoms with van der Waals surface area (Å²) in [5.74, 6) is -0.263. The van der Waals surface area contributed by atoms with Crippen molar-refractivity contribution in [2.24, 2.45) is 5.92 Å². The third kappa shape index (κ3) is 6.29. The van der Waals surface area contributed by atoms with Crippen LogP contribution in [0.2, 0.25) is 0 Å². The Morgan fingerprint density at radius 2 is 2.04 bits per heavy atom. The number of methoxy groups -OCH3 is 1. The summed E-state index contributed by atoms with van der Waals surface area (Å²) >= 11 is 0. The number of amides is 2. The smallest absolute Gasteiger partial charge is 0.239 e. The minimum atomic E-state index is -0.183. The highest BCUT2D eigenvalue weighted by Crippen LogP contribution is 2.18. The number of rotatable bonds is 8. The Morgan fingerprint density at radius 1 is 1.25 bits per heavy atom. The number of hydrogen-bond acceptors (Lipinski definition) is 4. The third-order valence-electron chi connectivity index (χ3n) is 4.18. The molecule has 1 saturated heterocycles. The van der Waals surface area contributed by atoms with Crippen molar-refractivity contribution in [2.45, 2.75) is 19.4 Å². The van der Waals surface area contributed by atoms with Crippen LogP contribution >= 0.6 is 0 Å². The number of nitrogens with one attached hydrogen (secondary N) is 2. The lowest BCUT2D eigenvalue weighted by molar-refractivity contribution is -0.129. The molecule has 132 valence electrons. The van der Waals surface area contributed by atoms with Gasteiger partial charge in [0.05, 0.1) is 19.1 Å². The second kappa shape index (κ2) is 10.1. The number of carbonyl (C=O) groups is 2. The maximum Gasteiger partial charge on any atom is 0.239 e. The van der Waals surface area contributed by atoms with E-state index in [1.54, 1.807) is 7.11 Å². The van der Waals surface area contributed by atoms with E-state index in [-0.39, 0.29) is 24.3 Å². The van der Waals surface area contributed by atoms with E-state index < -0.39 is 0 Å². The number of benzene rings is 1. The highest BCUT2D eigenvalue weighted by molar-refractivity contribution is 5.85. The minimum Gasteiger partial charge on any atom is -0.383 e. The summed E-state index contributed by atoms with van der Waals surface area (Å²) in [6.45, 7) is 3.57. The van der Waals surface area contributed by atoms with Gasteiger partial charge in [-0.2, -0.15) is 0 Å². The van der Waals surface area contributed by atoms with Crippen LogP contribution in [-0.2, 0) is 20.9 Å². The van der Waals surface area contributed by atoms with E-state index in [1.165, 1.54) is 5.56 Å². The second-order valence-corrected chi connectivity index (χ2v) is 6.12. The molecule has 1 aliphatic rings. The lowest BCUT2D eigenvalue weighted by atomic mass is 9.96. The fourth-order valence-electron chi connectivity index (χ4n) is 2.92.